The number of carbonyl (C=O) groups is 2. The first-order valence-electron chi connectivity index (χ1n) is 8.40. The molecule has 132 valence electrons. The van der Waals surface area contributed by atoms with Crippen molar-refractivity contribution in [1.29, 1.82) is 0 Å². The van der Waals surface area contributed by atoms with Crippen LogP contribution in [0.1, 0.15) is 32.3 Å². The second-order valence-electron chi connectivity index (χ2n) is 5.78. The number of esters is 1. The summed E-state index contributed by atoms with van der Waals surface area (Å²) in [5, 5.41) is 0. The van der Waals surface area contributed by atoms with Crippen LogP contribution in [0.3, 0.4) is 0 Å². The van der Waals surface area contributed by atoms with Crippen molar-refractivity contribution in [3.8, 4) is 0 Å². The lowest BCUT2D eigenvalue weighted by atomic mass is 10.0. The Morgan fingerprint density at radius 1 is 1.38 bits per heavy atom. The average Bonchev–Trinajstić information content (AvgIpc) is 2.57. The van der Waals surface area contributed by atoms with Crippen molar-refractivity contribution in [3.63, 3.8) is 0 Å². The lowest BCUT2D eigenvalue weighted by Gasteiger charge is -2.36. The second kappa shape index (κ2) is 8.78. The van der Waals surface area contributed by atoms with Gasteiger partial charge in [-0.1, -0.05) is 25.5 Å². The third-order valence-electron chi connectivity index (χ3n) is 4.04. The van der Waals surface area contributed by atoms with Gasteiger partial charge in [0.1, 0.15) is 18.0 Å². The maximum Gasteiger partial charge on any atom is 0.328 e. The third-order valence-corrected chi connectivity index (χ3v) is 4.04. The highest BCUT2D eigenvalue weighted by Gasteiger charge is 2.37. The van der Waals surface area contributed by atoms with E-state index in [1.54, 1.807) is 24.0 Å². The van der Waals surface area contributed by atoms with Crippen molar-refractivity contribution in [2.75, 3.05) is 19.8 Å². The van der Waals surface area contributed by atoms with Crippen LogP contribution >= 0.6 is 0 Å². The first-order valence-corrected chi connectivity index (χ1v) is 8.40. The zero-order valence-electron chi connectivity index (χ0n) is 14.2. The van der Waals surface area contributed by atoms with Crippen LogP contribution in [0, 0.1) is 5.82 Å². The minimum Gasteiger partial charge on any atom is -0.464 e. The molecule has 1 saturated heterocycles. The van der Waals surface area contributed by atoms with Crippen LogP contribution < -0.4 is 0 Å². The Bertz CT molecular complexity index is 561. The van der Waals surface area contributed by atoms with Gasteiger partial charge in [0.15, 0.2) is 0 Å². The van der Waals surface area contributed by atoms with E-state index in [0.29, 0.717) is 26.0 Å². The average molecular weight is 337 g/mol. The lowest BCUT2D eigenvalue weighted by molar-refractivity contribution is -0.166. The zero-order valence-corrected chi connectivity index (χ0v) is 14.2. The van der Waals surface area contributed by atoms with E-state index in [4.69, 9.17) is 9.47 Å². The first kappa shape index (κ1) is 18.4. The summed E-state index contributed by atoms with van der Waals surface area (Å²) in [5.74, 6) is -0.895. The quantitative estimate of drug-likeness (QED) is 0.717. The van der Waals surface area contributed by atoms with E-state index in [9.17, 15) is 14.0 Å². The summed E-state index contributed by atoms with van der Waals surface area (Å²) in [4.78, 5) is 26.5. The molecule has 2 atom stereocenters. The third kappa shape index (κ3) is 4.54. The van der Waals surface area contributed by atoms with E-state index < -0.39 is 12.1 Å². The summed E-state index contributed by atoms with van der Waals surface area (Å²) in [6, 6.07) is 5.43. The van der Waals surface area contributed by atoms with Gasteiger partial charge >= 0.3 is 5.97 Å². The molecule has 2 unspecified atom stereocenters. The summed E-state index contributed by atoms with van der Waals surface area (Å²) in [5.41, 5.74) is 0.819. The molecule has 0 saturated carbocycles. The number of rotatable bonds is 7. The Kier molecular flexibility index (Phi) is 6.73. The molecule has 1 aromatic rings. The minimum absolute atomic E-state index is 0.211. The molecule has 2 rings (SSSR count). The van der Waals surface area contributed by atoms with Crippen LogP contribution in [-0.2, 0) is 25.5 Å². The van der Waals surface area contributed by atoms with Gasteiger partial charge in [-0.3, -0.25) is 4.79 Å². The Morgan fingerprint density at radius 2 is 2.08 bits per heavy atom. The van der Waals surface area contributed by atoms with Crippen LogP contribution in [-0.4, -0.2) is 48.7 Å². The van der Waals surface area contributed by atoms with Gasteiger partial charge in [0.25, 0.3) is 5.91 Å². The standard InChI is InChI=1S/C18H24FNO4/c1-3-5-15(18(22)23-4-2)20-10-11-24-16(17(20)21)12-13-6-8-14(19)9-7-13/h6-9,15-16H,3-5,10-12H2,1-2H3. The number of nitrogens with zero attached hydrogens (tertiary/aromatic N) is 1. The normalized spacial score (nSPS) is 19.2. The van der Waals surface area contributed by atoms with Crippen LogP contribution in [0.25, 0.3) is 0 Å². The molecule has 0 aromatic heterocycles. The topological polar surface area (TPSA) is 55.8 Å². The Morgan fingerprint density at radius 3 is 2.71 bits per heavy atom. The SMILES string of the molecule is CCCC(C(=O)OCC)N1CCOC(Cc2ccc(F)cc2)C1=O. The van der Waals surface area contributed by atoms with E-state index in [1.807, 2.05) is 6.92 Å². The van der Waals surface area contributed by atoms with Crippen LogP contribution in [0.4, 0.5) is 4.39 Å². The van der Waals surface area contributed by atoms with Crippen LogP contribution in [0.2, 0.25) is 0 Å². The molecular weight excluding hydrogens is 313 g/mol. The largest absolute Gasteiger partial charge is 0.464 e. The van der Waals surface area contributed by atoms with Crippen molar-refractivity contribution in [2.45, 2.75) is 45.3 Å². The summed E-state index contributed by atoms with van der Waals surface area (Å²) in [6.07, 6.45) is 1.04. The predicted molar refractivity (Wildman–Crippen MR) is 86.9 cm³/mol. The molecule has 5 nitrogen and oxygen atoms in total. The predicted octanol–water partition coefficient (Wildman–Crippen LogP) is 2.33. The summed E-state index contributed by atoms with van der Waals surface area (Å²) in [7, 11) is 0. The summed E-state index contributed by atoms with van der Waals surface area (Å²) >= 11 is 0. The van der Waals surface area contributed by atoms with Gasteiger partial charge in [-0.2, -0.15) is 0 Å². The number of benzene rings is 1. The van der Waals surface area contributed by atoms with E-state index in [0.717, 1.165) is 12.0 Å². The van der Waals surface area contributed by atoms with Gasteiger partial charge in [0, 0.05) is 13.0 Å². The molecule has 24 heavy (non-hydrogen) atoms. The molecule has 1 heterocycles. The summed E-state index contributed by atoms with van der Waals surface area (Å²) < 4.78 is 23.7. The highest BCUT2D eigenvalue weighted by atomic mass is 19.1. The van der Waals surface area contributed by atoms with E-state index in [2.05, 4.69) is 0 Å². The Balaban J connectivity index is 2.09. The Hall–Kier alpha value is -1.95. The van der Waals surface area contributed by atoms with E-state index >= 15 is 0 Å². The first-order chi connectivity index (χ1) is 11.6. The maximum atomic E-state index is 13.0. The van der Waals surface area contributed by atoms with Crippen molar-refractivity contribution in [1.82, 2.24) is 4.90 Å². The van der Waals surface area contributed by atoms with E-state index in [1.165, 1.54) is 12.1 Å². The highest BCUT2D eigenvalue weighted by Crippen LogP contribution is 2.19. The number of ether oxygens (including phenoxy) is 2. The molecule has 1 aliphatic heterocycles. The molecule has 6 heteroatoms. The van der Waals surface area contributed by atoms with E-state index in [-0.39, 0.29) is 24.3 Å². The van der Waals surface area contributed by atoms with Crippen LogP contribution in [0.15, 0.2) is 24.3 Å². The van der Waals surface area contributed by atoms with Crippen molar-refractivity contribution in [3.05, 3.63) is 35.6 Å². The molecule has 1 aromatic carbocycles. The molecule has 1 fully saturated rings. The molecule has 0 radical (unpaired) electrons. The number of hydrogen-bond donors (Lipinski definition) is 0. The van der Waals surface area contributed by atoms with Crippen molar-refractivity contribution < 1.29 is 23.5 Å². The molecule has 0 spiro atoms. The zero-order chi connectivity index (χ0) is 17.5. The number of halogens is 1. The fourth-order valence-corrected chi connectivity index (χ4v) is 2.86. The number of hydrogen-bond acceptors (Lipinski definition) is 4. The monoisotopic (exact) mass is 337 g/mol. The van der Waals surface area contributed by atoms with Gasteiger partial charge in [-0.05, 0) is 31.0 Å². The van der Waals surface area contributed by atoms with Gasteiger partial charge in [0.05, 0.1) is 13.2 Å². The van der Waals surface area contributed by atoms with Crippen molar-refractivity contribution >= 4 is 11.9 Å². The van der Waals surface area contributed by atoms with Gasteiger partial charge < -0.3 is 14.4 Å². The minimum atomic E-state index is -0.655. The lowest BCUT2D eigenvalue weighted by Crippen LogP contribution is -2.55. The smallest absolute Gasteiger partial charge is 0.328 e. The molecule has 1 aliphatic rings. The molecule has 0 bridgehead atoms. The highest BCUT2D eigenvalue weighted by molar-refractivity contribution is 5.87. The fourth-order valence-electron chi connectivity index (χ4n) is 2.86. The second-order valence-corrected chi connectivity index (χ2v) is 5.78. The number of carbonyl (C=O) groups excluding carboxylic acids is 2. The molecular formula is C18H24FNO4. The van der Waals surface area contributed by atoms with Crippen molar-refractivity contribution in [2.24, 2.45) is 0 Å². The van der Waals surface area contributed by atoms with Gasteiger partial charge in [0.2, 0.25) is 0 Å². The number of amides is 1. The Labute approximate surface area is 141 Å². The number of morpholine rings is 1. The van der Waals surface area contributed by atoms with Gasteiger partial charge in [-0.15, -0.1) is 0 Å². The molecule has 0 N–H and O–H groups in total. The molecule has 1 amide bonds. The van der Waals surface area contributed by atoms with Gasteiger partial charge in [-0.25, -0.2) is 9.18 Å². The fraction of sp³-hybridized carbons (Fsp3) is 0.556. The molecule has 0 aliphatic carbocycles. The van der Waals surface area contributed by atoms with Crippen LogP contribution in [0.5, 0.6) is 0 Å². The summed E-state index contributed by atoms with van der Waals surface area (Å²) in [6.45, 7) is 4.75. The maximum absolute atomic E-state index is 13.0.